The molecule has 1 aromatic rings. The first kappa shape index (κ1) is 12.7. The molecule has 0 atom stereocenters. The van der Waals surface area contributed by atoms with Gasteiger partial charge in [0.2, 0.25) is 0 Å². The summed E-state index contributed by atoms with van der Waals surface area (Å²) in [5.41, 5.74) is 1.57. The normalized spacial score (nSPS) is 11.6. The molecule has 0 saturated heterocycles. The molecule has 4 nitrogen and oxygen atoms in total. The zero-order valence-corrected chi connectivity index (χ0v) is 10.7. The third-order valence-electron chi connectivity index (χ3n) is 2.54. The summed E-state index contributed by atoms with van der Waals surface area (Å²) in [6.07, 6.45) is 2.41. The van der Waals surface area contributed by atoms with E-state index in [1.54, 1.807) is 17.9 Å². The second-order valence-corrected chi connectivity index (χ2v) is 5.21. The van der Waals surface area contributed by atoms with Gasteiger partial charge in [0.1, 0.15) is 5.56 Å². The topological polar surface area (TPSA) is 44.1 Å². The number of aromatic nitrogens is 2. The van der Waals surface area contributed by atoms with Crippen LogP contribution >= 0.6 is 0 Å². The lowest BCUT2D eigenvalue weighted by Gasteiger charge is -2.17. The van der Waals surface area contributed by atoms with Crippen LogP contribution < -0.4 is 0 Å². The zero-order valence-electron chi connectivity index (χ0n) is 10.7. The second-order valence-electron chi connectivity index (χ2n) is 5.21. The molecule has 0 N–H and O–H groups in total. The summed E-state index contributed by atoms with van der Waals surface area (Å²) in [7, 11) is 1.81. The lowest BCUT2D eigenvalue weighted by atomic mass is 9.93. The average molecular weight is 224 g/mol. The van der Waals surface area contributed by atoms with E-state index in [2.05, 4.69) is 25.9 Å². The van der Waals surface area contributed by atoms with Gasteiger partial charge in [0.25, 0.3) is 0 Å². The van der Waals surface area contributed by atoms with Crippen molar-refractivity contribution in [2.24, 2.45) is 12.5 Å². The number of nitrogens with zero attached hydrogens (tertiary/aromatic N) is 2. The van der Waals surface area contributed by atoms with Crippen molar-refractivity contribution in [3.63, 3.8) is 0 Å². The van der Waals surface area contributed by atoms with Crippen LogP contribution in [0.2, 0.25) is 0 Å². The van der Waals surface area contributed by atoms with Gasteiger partial charge < -0.3 is 4.74 Å². The van der Waals surface area contributed by atoms with Crippen LogP contribution in [0.25, 0.3) is 0 Å². The minimum atomic E-state index is -0.283. The Labute approximate surface area is 96.6 Å². The lowest BCUT2D eigenvalue weighted by molar-refractivity contribution is 0.0464. The molecule has 0 unspecified atom stereocenters. The minimum Gasteiger partial charge on any atom is -0.462 e. The Balaban J connectivity index is 2.51. The molecule has 0 saturated carbocycles. The highest BCUT2D eigenvalue weighted by Crippen LogP contribution is 2.18. The molecule has 0 bridgehead atoms. The molecule has 1 aromatic heterocycles. The van der Waals surface area contributed by atoms with Crippen LogP contribution in [0, 0.1) is 12.3 Å². The summed E-state index contributed by atoms with van der Waals surface area (Å²) in [6, 6.07) is 0. The molecule has 0 aliphatic heterocycles. The third kappa shape index (κ3) is 3.36. The maximum atomic E-state index is 11.7. The van der Waals surface area contributed by atoms with Crippen molar-refractivity contribution in [1.82, 2.24) is 9.78 Å². The molecule has 90 valence electrons. The first-order chi connectivity index (χ1) is 7.31. The number of esters is 1. The van der Waals surface area contributed by atoms with E-state index < -0.39 is 0 Å². The fourth-order valence-electron chi connectivity index (χ4n) is 1.23. The Kier molecular flexibility index (Phi) is 3.73. The van der Waals surface area contributed by atoms with Gasteiger partial charge >= 0.3 is 5.97 Å². The maximum Gasteiger partial charge on any atom is 0.341 e. The Morgan fingerprint density at radius 1 is 1.50 bits per heavy atom. The molecule has 0 aliphatic rings. The van der Waals surface area contributed by atoms with Crippen molar-refractivity contribution in [3.8, 4) is 0 Å². The van der Waals surface area contributed by atoms with E-state index in [1.165, 1.54) is 0 Å². The van der Waals surface area contributed by atoms with Crippen LogP contribution in [0.1, 0.15) is 43.2 Å². The molecule has 0 aliphatic carbocycles. The number of carbonyl (C=O) groups is 1. The highest BCUT2D eigenvalue weighted by molar-refractivity contribution is 5.90. The van der Waals surface area contributed by atoms with Gasteiger partial charge in [-0.2, -0.15) is 5.10 Å². The maximum absolute atomic E-state index is 11.7. The second kappa shape index (κ2) is 4.68. The van der Waals surface area contributed by atoms with Crippen molar-refractivity contribution in [2.75, 3.05) is 6.61 Å². The molecule has 1 rings (SSSR count). The van der Waals surface area contributed by atoms with Gasteiger partial charge in [-0.1, -0.05) is 20.8 Å². The predicted octanol–water partition coefficient (Wildman–Crippen LogP) is 2.32. The van der Waals surface area contributed by atoms with Gasteiger partial charge in [-0.25, -0.2) is 4.79 Å². The van der Waals surface area contributed by atoms with E-state index in [4.69, 9.17) is 4.74 Å². The number of ether oxygens (including phenoxy) is 1. The summed E-state index contributed by atoms with van der Waals surface area (Å²) >= 11 is 0. The van der Waals surface area contributed by atoms with Crippen LogP contribution in [0.15, 0.2) is 6.20 Å². The van der Waals surface area contributed by atoms with Crippen molar-refractivity contribution in [1.29, 1.82) is 0 Å². The molecule has 1 heterocycles. The summed E-state index contributed by atoms with van der Waals surface area (Å²) < 4.78 is 6.87. The summed E-state index contributed by atoms with van der Waals surface area (Å²) in [5.74, 6) is -0.283. The molecule has 0 amide bonds. The van der Waals surface area contributed by atoms with Crippen molar-refractivity contribution >= 4 is 5.97 Å². The van der Waals surface area contributed by atoms with E-state index in [0.29, 0.717) is 12.2 Å². The van der Waals surface area contributed by atoms with Gasteiger partial charge in [0.05, 0.1) is 12.8 Å². The van der Waals surface area contributed by atoms with Crippen molar-refractivity contribution in [3.05, 3.63) is 17.5 Å². The fourth-order valence-corrected chi connectivity index (χ4v) is 1.23. The molecule has 4 heteroatoms. The quantitative estimate of drug-likeness (QED) is 0.740. The van der Waals surface area contributed by atoms with Crippen LogP contribution in [0.3, 0.4) is 0 Å². The molecular weight excluding hydrogens is 204 g/mol. The van der Waals surface area contributed by atoms with Gasteiger partial charge in [-0.3, -0.25) is 4.68 Å². The fraction of sp³-hybridized carbons (Fsp3) is 0.667. The van der Waals surface area contributed by atoms with E-state index in [-0.39, 0.29) is 11.4 Å². The van der Waals surface area contributed by atoms with E-state index in [9.17, 15) is 4.79 Å². The highest BCUT2D eigenvalue weighted by atomic mass is 16.5. The number of hydrogen-bond donors (Lipinski definition) is 0. The Bertz CT molecular complexity index is 375. The predicted molar refractivity (Wildman–Crippen MR) is 62.3 cm³/mol. The third-order valence-corrected chi connectivity index (χ3v) is 2.54. The molecule has 0 fully saturated rings. The Morgan fingerprint density at radius 2 is 2.12 bits per heavy atom. The van der Waals surface area contributed by atoms with Gasteiger partial charge in [-0.15, -0.1) is 0 Å². The summed E-state index contributed by atoms with van der Waals surface area (Å²) in [6.45, 7) is 8.67. The lowest BCUT2D eigenvalue weighted by Crippen LogP contribution is -2.13. The first-order valence-electron chi connectivity index (χ1n) is 5.47. The van der Waals surface area contributed by atoms with Gasteiger partial charge in [-0.05, 0) is 18.8 Å². The number of hydrogen-bond acceptors (Lipinski definition) is 3. The van der Waals surface area contributed by atoms with Crippen LogP contribution in [-0.2, 0) is 11.8 Å². The molecule has 0 radical (unpaired) electrons. The first-order valence-corrected chi connectivity index (χ1v) is 5.47. The standard InChI is InChI=1S/C12H20N2O2/c1-9-10(8-13-14(9)5)11(15)16-7-6-12(2,3)4/h8H,6-7H2,1-5H3. The van der Waals surface area contributed by atoms with E-state index >= 15 is 0 Å². The van der Waals surface area contributed by atoms with Crippen LogP contribution in [0.4, 0.5) is 0 Å². The highest BCUT2D eigenvalue weighted by Gasteiger charge is 2.16. The summed E-state index contributed by atoms with van der Waals surface area (Å²) in [4.78, 5) is 11.7. The van der Waals surface area contributed by atoms with Crippen LogP contribution in [0.5, 0.6) is 0 Å². The number of aryl methyl sites for hydroxylation is 1. The van der Waals surface area contributed by atoms with Crippen LogP contribution in [-0.4, -0.2) is 22.4 Å². The number of rotatable bonds is 3. The molecule has 0 aromatic carbocycles. The van der Waals surface area contributed by atoms with Crippen molar-refractivity contribution in [2.45, 2.75) is 34.1 Å². The van der Waals surface area contributed by atoms with E-state index in [1.807, 2.05) is 6.92 Å². The Morgan fingerprint density at radius 3 is 2.56 bits per heavy atom. The molecule has 0 spiro atoms. The van der Waals surface area contributed by atoms with E-state index in [0.717, 1.165) is 12.1 Å². The zero-order chi connectivity index (χ0) is 12.3. The van der Waals surface area contributed by atoms with Crippen molar-refractivity contribution < 1.29 is 9.53 Å². The average Bonchev–Trinajstić information content (AvgIpc) is 2.45. The van der Waals surface area contributed by atoms with Gasteiger partial charge in [0.15, 0.2) is 0 Å². The molecule has 16 heavy (non-hydrogen) atoms. The molecular formula is C12H20N2O2. The van der Waals surface area contributed by atoms with Gasteiger partial charge in [0, 0.05) is 12.7 Å². The number of carbonyl (C=O) groups excluding carboxylic acids is 1. The Hall–Kier alpha value is -1.32. The monoisotopic (exact) mass is 224 g/mol. The smallest absolute Gasteiger partial charge is 0.341 e. The minimum absolute atomic E-state index is 0.185. The SMILES string of the molecule is Cc1c(C(=O)OCCC(C)(C)C)cnn1C. The summed E-state index contributed by atoms with van der Waals surface area (Å²) in [5, 5.41) is 4.01. The largest absolute Gasteiger partial charge is 0.462 e.